The Kier molecular flexibility index (Phi) is 4.08. The summed E-state index contributed by atoms with van der Waals surface area (Å²) in [5, 5.41) is 3.03. The first-order chi connectivity index (χ1) is 8.10. The normalized spacial score (nSPS) is 33.4. The minimum Gasteiger partial charge on any atom is -0.355 e. The Morgan fingerprint density at radius 2 is 2.18 bits per heavy atom. The summed E-state index contributed by atoms with van der Waals surface area (Å²) in [6.07, 6.45) is 9.18. The van der Waals surface area contributed by atoms with E-state index in [1.54, 1.807) is 0 Å². The standard InChI is InChI=1S/C14H26N2O/c1-11-4-2-8-14(15,10-11)13(17)16-9-3-5-12-6-7-12/h11-12H,2-10,15H2,1H3,(H,16,17). The lowest BCUT2D eigenvalue weighted by Gasteiger charge is -2.35. The molecule has 2 fully saturated rings. The van der Waals surface area contributed by atoms with Crippen LogP contribution in [0.1, 0.15) is 58.3 Å². The monoisotopic (exact) mass is 238 g/mol. The molecule has 3 heteroatoms. The molecule has 2 rings (SSSR count). The number of rotatable bonds is 5. The zero-order valence-corrected chi connectivity index (χ0v) is 11.0. The van der Waals surface area contributed by atoms with Gasteiger partial charge in [0.05, 0.1) is 5.54 Å². The second-order valence-electron chi connectivity index (χ2n) is 6.20. The van der Waals surface area contributed by atoms with E-state index in [2.05, 4.69) is 12.2 Å². The van der Waals surface area contributed by atoms with E-state index >= 15 is 0 Å². The second kappa shape index (κ2) is 5.38. The van der Waals surface area contributed by atoms with Crippen LogP contribution in [-0.2, 0) is 4.79 Å². The quantitative estimate of drug-likeness (QED) is 0.721. The van der Waals surface area contributed by atoms with Crippen LogP contribution in [0.25, 0.3) is 0 Å². The average molecular weight is 238 g/mol. The molecular weight excluding hydrogens is 212 g/mol. The molecule has 2 aliphatic rings. The fraction of sp³-hybridized carbons (Fsp3) is 0.929. The minimum atomic E-state index is -0.586. The summed E-state index contributed by atoms with van der Waals surface area (Å²) in [5.41, 5.74) is 5.65. The highest BCUT2D eigenvalue weighted by Crippen LogP contribution is 2.33. The Labute approximate surface area is 105 Å². The minimum absolute atomic E-state index is 0.0832. The van der Waals surface area contributed by atoms with Crippen molar-refractivity contribution in [1.29, 1.82) is 0 Å². The third-order valence-corrected chi connectivity index (χ3v) is 4.26. The van der Waals surface area contributed by atoms with Gasteiger partial charge in [0.2, 0.25) is 5.91 Å². The molecule has 1 amide bonds. The van der Waals surface area contributed by atoms with Crippen LogP contribution in [0.5, 0.6) is 0 Å². The maximum Gasteiger partial charge on any atom is 0.240 e. The van der Waals surface area contributed by atoms with Gasteiger partial charge >= 0.3 is 0 Å². The van der Waals surface area contributed by atoms with Gasteiger partial charge in [0.15, 0.2) is 0 Å². The van der Waals surface area contributed by atoms with Gasteiger partial charge in [-0.1, -0.05) is 32.6 Å². The second-order valence-corrected chi connectivity index (χ2v) is 6.20. The number of carbonyl (C=O) groups is 1. The van der Waals surface area contributed by atoms with Crippen LogP contribution in [0, 0.1) is 11.8 Å². The molecule has 0 aliphatic heterocycles. The van der Waals surface area contributed by atoms with Crippen molar-refractivity contribution in [2.75, 3.05) is 6.54 Å². The van der Waals surface area contributed by atoms with E-state index < -0.39 is 5.54 Å². The molecule has 0 saturated heterocycles. The van der Waals surface area contributed by atoms with E-state index in [4.69, 9.17) is 5.73 Å². The van der Waals surface area contributed by atoms with Crippen molar-refractivity contribution >= 4 is 5.91 Å². The van der Waals surface area contributed by atoms with E-state index in [-0.39, 0.29) is 5.91 Å². The Hall–Kier alpha value is -0.570. The molecule has 0 aromatic carbocycles. The number of nitrogens with two attached hydrogens (primary N) is 1. The van der Waals surface area contributed by atoms with E-state index in [9.17, 15) is 4.79 Å². The predicted octanol–water partition coefficient (Wildman–Crippen LogP) is 2.20. The van der Waals surface area contributed by atoms with Crippen molar-refractivity contribution in [2.24, 2.45) is 17.6 Å². The average Bonchev–Trinajstić information content (AvgIpc) is 3.07. The Morgan fingerprint density at radius 1 is 1.41 bits per heavy atom. The molecule has 0 aromatic rings. The van der Waals surface area contributed by atoms with Crippen LogP contribution in [0.4, 0.5) is 0 Å². The molecule has 2 unspecified atom stereocenters. The van der Waals surface area contributed by atoms with Crippen molar-refractivity contribution in [3.05, 3.63) is 0 Å². The van der Waals surface area contributed by atoms with Crippen LogP contribution < -0.4 is 11.1 Å². The van der Waals surface area contributed by atoms with E-state index in [1.807, 2.05) is 0 Å². The maximum atomic E-state index is 12.1. The summed E-state index contributed by atoms with van der Waals surface area (Å²) in [7, 11) is 0. The molecule has 0 heterocycles. The van der Waals surface area contributed by atoms with Gasteiger partial charge in [-0.15, -0.1) is 0 Å². The number of hydrogen-bond acceptors (Lipinski definition) is 2. The molecule has 0 bridgehead atoms. The number of amides is 1. The third kappa shape index (κ3) is 3.70. The lowest BCUT2D eigenvalue weighted by molar-refractivity contribution is -0.128. The molecule has 0 aromatic heterocycles. The van der Waals surface area contributed by atoms with Crippen LogP contribution >= 0.6 is 0 Å². The first kappa shape index (κ1) is 12.9. The topological polar surface area (TPSA) is 55.1 Å². The molecule has 17 heavy (non-hydrogen) atoms. The smallest absolute Gasteiger partial charge is 0.240 e. The zero-order chi connectivity index (χ0) is 12.3. The fourth-order valence-electron chi connectivity index (χ4n) is 2.97. The SMILES string of the molecule is CC1CCCC(N)(C(=O)NCCCC2CC2)C1. The molecule has 0 spiro atoms. The summed E-state index contributed by atoms with van der Waals surface area (Å²) < 4.78 is 0. The first-order valence-electron chi connectivity index (χ1n) is 7.17. The molecule has 98 valence electrons. The summed E-state index contributed by atoms with van der Waals surface area (Å²) >= 11 is 0. The van der Waals surface area contributed by atoms with Gasteiger partial charge < -0.3 is 11.1 Å². The Bertz CT molecular complexity index is 275. The van der Waals surface area contributed by atoms with Crippen molar-refractivity contribution < 1.29 is 4.79 Å². The summed E-state index contributed by atoms with van der Waals surface area (Å²) in [4.78, 5) is 12.1. The van der Waals surface area contributed by atoms with Crippen LogP contribution in [0.15, 0.2) is 0 Å². The van der Waals surface area contributed by atoms with E-state index in [0.29, 0.717) is 5.92 Å². The lowest BCUT2D eigenvalue weighted by atomic mass is 9.76. The summed E-state index contributed by atoms with van der Waals surface area (Å²) in [6.45, 7) is 3.00. The van der Waals surface area contributed by atoms with Crippen LogP contribution in [0.2, 0.25) is 0 Å². The molecule has 0 radical (unpaired) electrons. The first-order valence-corrected chi connectivity index (χ1v) is 7.17. The van der Waals surface area contributed by atoms with Crippen LogP contribution in [-0.4, -0.2) is 18.0 Å². The molecule has 2 saturated carbocycles. The summed E-state index contributed by atoms with van der Waals surface area (Å²) in [5.74, 6) is 1.62. The maximum absolute atomic E-state index is 12.1. The predicted molar refractivity (Wildman–Crippen MR) is 69.5 cm³/mol. The molecule has 3 N–H and O–H groups in total. The van der Waals surface area contributed by atoms with Gasteiger partial charge in [0, 0.05) is 6.54 Å². The highest BCUT2D eigenvalue weighted by molar-refractivity contribution is 5.86. The molecule has 2 aliphatic carbocycles. The van der Waals surface area contributed by atoms with Gasteiger partial charge in [-0.05, 0) is 37.5 Å². The fourth-order valence-corrected chi connectivity index (χ4v) is 2.97. The highest BCUT2D eigenvalue weighted by atomic mass is 16.2. The van der Waals surface area contributed by atoms with E-state index in [0.717, 1.165) is 38.1 Å². The Morgan fingerprint density at radius 3 is 2.82 bits per heavy atom. The number of carbonyl (C=O) groups excluding carboxylic acids is 1. The highest BCUT2D eigenvalue weighted by Gasteiger charge is 2.37. The van der Waals surface area contributed by atoms with Gasteiger partial charge in [0.25, 0.3) is 0 Å². The number of nitrogens with one attached hydrogen (secondary N) is 1. The zero-order valence-electron chi connectivity index (χ0n) is 11.0. The van der Waals surface area contributed by atoms with Gasteiger partial charge in [-0.3, -0.25) is 4.79 Å². The van der Waals surface area contributed by atoms with Crippen molar-refractivity contribution in [1.82, 2.24) is 5.32 Å². The molecule has 2 atom stereocenters. The van der Waals surface area contributed by atoms with Crippen molar-refractivity contribution in [3.63, 3.8) is 0 Å². The molecular formula is C14H26N2O. The van der Waals surface area contributed by atoms with Crippen LogP contribution in [0.3, 0.4) is 0 Å². The lowest BCUT2D eigenvalue weighted by Crippen LogP contribution is -2.56. The van der Waals surface area contributed by atoms with Gasteiger partial charge in [-0.25, -0.2) is 0 Å². The summed E-state index contributed by atoms with van der Waals surface area (Å²) in [6, 6.07) is 0. The third-order valence-electron chi connectivity index (χ3n) is 4.26. The van der Waals surface area contributed by atoms with Crippen molar-refractivity contribution in [3.8, 4) is 0 Å². The van der Waals surface area contributed by atoms with Gasteiger partial charge in [0.1, 0.15) is 0 Å². The van der Waals surface area contributed by atoms with E-state index in [1.165, 1.54) is 25.7 Å². The Balaban J connectivity index is 1.69. The van der Waals surface area contributed by atoms with Gasteiger partial charge in [-0.2, -0.15) is 0 Å². The largest absolute Gasteiger partial charge is 0.355 e. The number of hydrogen-bond donors (Lipinski definition) is 2. The van der Waals surface area contributed by atoms with Crippen molar-refractivity contribution in [2.45, 2.75) is 63.8 Å². The molecule has 3 nitrogen and oxygen atoms in total.